The van der Waals surface area contributed by atoms with Gasteiger partial charge in [-0.3, -0.25) is 4.79 Å². The minimum Gasteiger partial charge on any atom is -0.491 e. The minimum absolute atomic E-state index is 0.300. The Bertz CT molecular complexity index is 613. The topological polar surface area (TPSA) is 38.3 Å². The van der Waals surface area contributed by atoms with Gasteiger partial charge in [-0.05, 0) is 24.6 Å². The highest BCUT2D eigenvalue weighted by Crippen LogP contribution is 2.32. The summed E-state index contributed by atoms with van der Waals surface area (Å²) in [5.74, 6) is 0.339. The molecule has 0 spiro atoms. The maximum Gasteiger partial charge on any atom is 0.258 e. The Balaban J connectivity index is 2.17. The van der Waals surface area contributed by atoms with Crippen molar-refractivity contribution in [3.05, 3.63) is 44.6 Å². The Kier molecular flexibility index (Phi) is 5.29. The number of hydrogen-bond donors (Lipinski definition) is 1. The average Bonchev–Trinajstić information content (AvgIpc) is 2.77. The largest absolute Gasteiger partial charge is 0.491 e. The van der Waals surface area contributed by atoms with E-state index in [1.807, 2.05) is 25.1 Å². The fourth-order valence-electron chi connectivity index (χ4n) is 1.59. The molecule has 0 saturated heterocycles. The Labute approximate surface area is 131 Å². The quantitative estimate of drug-likeness (QED) is 0.829. The molecule has 0 radical (unpaired) electrons. The maximum atomic E-state index is 12.2. The summed E-state index contributed by atoms with van der Waals surface area (Å²) in [5.41, 5.74) is 0.983. The standard InChI is InChI=1S/C14H13Cl2NO2S/c1-2-7-19-11-6-4-3-5-10(11)17-14(18)9-8-12(15)20-13(9)16/h3-6,8H,2,7H2,1H3,(H,17,18). The van der Waals surface area contributed by atoms with Crippen molar-refractivity contribution in [2.24, 2.45) is 0 Å². The number of nitrogens with one attached hydrogen (secondary N) is 1. The molecule has 1 aromatic heterocycles. The van der Waals surface area contributed by atoms with E-state index in [-0.39, 0.29) is 5.91 Å². The number of ether oxygens (including phenoxy) is 1. The Morgan fingerprint density at radius 2 is 2.10 bits per heavy atom. The van der Waals surface area contributed by atoms with Crippen LogP contribution in [0.3, 0.4) is 0 Å². The molecule has 6 heteroatoms. The zero-order valence-corrected chi connectivity index (χ0v) is 13.1. The van der Waals surface area contributed by atoms with Crippen molar-refractivity contribution in [2.75, 3.05) is 11.9 Å². The van der Waals surface area contributed by atoms with Crippen molar-refractivity contribution in [2.45, 2.75) is 13.3 Å². The summed E-state index contributed by atoms with van der Waals surface area (Å²) < 4.78 is 6.44. The summed E-state index contributed by atoms with van der Waals surface area (Å²) in [6.45, 7) is 2.62. The molecule has 106 valence electrons. The second-order valence-electron chi connectivity index (χ2n) is 4.04. The van der Waals surface area contributed by atoms with Gasteiger partial charge in [0.2, 0.25) is 0 Å². The highest BCUT2D eigenvalue weighted by atomic mass is 35.5. The van der Waals surface area contributed by atoms with Crippen LogP contribution in [0.2, 0.25) is 8.67 Å². The van der Waals surface area contributed by atoms with Crippen molar-refractivity contribution >= 4 is 46.1 Å². The summed E-state index contributed by atoms with van der Waals surface area (Å²) in [4.78, 5) is 12.2. The molecule has 1 aromatic carbocycles. The van der Waals surface area contributed by atoms with Crippen molar-refractivity contribution in [3.8, 4) is 5.75 Å². The van der Waals surface area contributed by atoms with Crippen LogP contribution in [0.5, 0.6) is 5.75 Å². The van der Waals surface area contributed by atoms with E-state index in [9.17, 15) is 4.79 Å². The lowest BCUT2D eigenvalue weighted by molar-refractivity contribution is 0.102. The average molecular weight is 330 g/mol. The number of benzene rings is 1. The smallest absolute Gasteiger partial charge is 0.258 e. The zero-order chi connectivity index (χ0) is 14.5. The van der Waals surface area contributed by atoms with Gasteiger partial charge >= 0.3 is 0 Å². The number of carbonyl (C=O) groups is 1. The van der Waals surface area contributed by atoms with E-state index in [1.165, 1.54) is 0 Å². The molecule has 0 unspecified atom stereocenters. The van der Waals surface area contributed by atoms with Crippen molar-refractivity contribution in [3.63, 3.8) is 0 Å². The normalized spacial score (nSPS) is 10.3. The van der Waals surface area contributed by atoms with Crippen LogP contribution in [0, 0.1) is 0 Å². The number of thiophene rings is 1. The lowest BCUT2D eigenvalue weighted by atomic mass is 10.2. The minimum atomic E-state index is -0.300. The summed E-state index contributed by atoms with van der Waals surface area (Å²) >= 11 is 13.0. The molecule has 2 aromatic rings. The summed E-state index contributed by atoms with van der Waals surface area (Å²) in [5, 5.41) is 2.79. The van der Waals surface area contributed by atoms with E-state index in [4.69, 9.17) is 27.9 Å². The third-order valence-corrected chi connectivity index (χ3v) is 3.99. The van der Waals surface area contributed by atoms with Crippen LogP contribution in [-0.4, -0.2) is 12.5 Å². The molecule has 0 atom stereocenters. The van der Waals surface area contributed by atoms with Gasteiger partial charge < -0.3 is 10.1 Å². The Morgan fingerprint density at radius 1 is 1.35 bits per heavy atom. The summed E-state index contributed by atoms with van der Waals surface area (Å²) in [6, 6.07) is 8.84. The molecule has 3 nitrogen and oxygen atoms in total. The number of anilines is 1. The van der Waals surface area contributed by atoms with Gasteiger partial charge in [0.25, 0.3) is 5.91 Å². The van der Waals surface area contributed by atoms with Gasteiger partial charge in [-0.1, -0.05) is 42.3 Å². The van der Waals surface area contributed by atoms with Gasteiger partial charge in [-0.15, -0.1) is 11.3 Å². The van der Waals surface area contributed by atoms with Crippen LogP contribution in [0.25, 0.3) is 0 Å². The lowest BCUT2D eigenvalue weighted by Crippen LogP contribution is -2.12. The number of carbonyl (C=O) groups excluding carboxylic acids is 1. The van der Waals surface area contributed by atoms with Crippen molar-refractivity contribution in [1.29, 1.82) is 0 Å². The molecular weight excluding hydrogens is 317 g/mol. The molecule has 1 heterocycles. The first kappa shape index (κ1) is 15.2. The third-order valence-electron chi connectivity index (χ3n) is 2.50. The molecule has 0 aliphatic heterocycles. The van der Waals surface area contributed by atoms with Gasteiger partial charge in [0.1, 0.15) is 10.1 Å². The third kappa shape index (κ3) is 3.66. The molecule has 2 rings (SSSR count). The first-order valence-electron chi connectivity index (χ1n) is 6.09. The van der Waals surface area contributed by atoms with Gasteiger partial charge in [-0.2, -0.15) is 0 Å². The molecule has 0 fully saturated rings. The van der Waals surface area contributed by atoms with E-state index in [0.29, 0.717) is 32.3 Å². The van der Waals surface area contributed by atoms with Gasteiger partial charge in [0.15, 0.2) is 0 Å². The number of para-hydroxylation sites is 2. The van der Waals surface area contributed by atoms with E-state index in [2.05, 4.69) is 5.32 Å². The predicted octanol–water partition coefficient (Wildman–Crippen LogP) is 5.10. The second kappa shape index (κ2) is 6.97. The van der Waals surface area contributed by atoms with Crippen LogP contribution < -0.4 is 10.1 Å². The highest BCUT2D eigenvalue weighted by Gasteiger charge is 2.15. The molecule has 1 N–H and O–H groups in total. The predicted molar refractivity (Wildman–Crippen MR) is 84.5 cm³/mol. The Morgan fingerprint density at radius 3 is 2.75 bits per heavy atom. The molecule has 1 amide bonds. The number of rotatable bonds is 5. The van der Waals surface area contributed by atoms with Crippen molar-refractivity contribution < 1.29 is 9.53 Å². The zero-order valence-electron chi connectivity index (χ0n) is 10.8. The van der Waals surface area contributed by atoms with Gasteiger partial charge in [-0.25, -0.2) is 0 Å². The van der Waals surface area contributed by atoms with E-state index < -0.39 is 0 Å². The molecule has 0 aliphatic rings. The SMILES string of the molecule is CCCOc1ccccc1NC(=O)c1cc(Cl)sc1Cl. The fourth-order valence-corrected chi connectivity index (χ4v) is 3.05. The molecule has 20 heavy (non-hydrogen) atoms. The highest BCUT2D eigenvalue weighted by molar-refractivity contribution is 7.20. The number of hydrogen-bond acceptors (Lipinski definition) is 3. The lowest BCUT2D eigenvalue weighted by Gasteiger charge is -2.11. The number of amides is 1. The van der Waals surface area contributed by atoms with Crippen LogP contribution in [0.15, 0.2) is 30.3 Å². The van der Waals surface area contributed by atoms with E-state index >= 15 is 0 Å². The Hall–Kier alpha value is -1.23. The molecule has 0 bridgehead atoms. The second-order valence-corrected chi connectivity index (χ2v) is 6.32. The van der Waals surface area contributed by atoms with Crippen LogP contribution in [-0.2, 0) is 0 Å². The van der Waals surface area contributed by atoms with Gasteiger partial charge in [0.05, 0.1) is 22.2 Å². The van der Waals surface area contributed by atoms with E-state index in [1.54, 1.807) is 12.1 Å². The van der Waals surface area contributed by atoms with Crippen LogP contribution in [0.1, 0.15) is 23.7 Å². The van der Waals surface area contributed by atoms with E-state index in [0.717, 1.165) is 17.8 Å². The maximum absolute atomic E-state index is 12.2. The molecule has 0 saturated carbocycles. The molecule has 0 aliphatic carbocycles. The summed E-state index contributed by atoms with van der Waals surface area (Å²) in [7, 11) is 0. The summed E-state index contributed by atoms with van der Waals surface area (Å²) in [6.07, 6.45) is 0.897. The van der Waals surface area contributed by atoms with Gasteiger partial charge in [0, 0.05) is 0 Å². The number of halogens is 2. The van der Waals surface area contributed by atoms with Crippen molar-refractivity contribution in [1.82, 2.24) is 0 Å². The molecular formula is C14H13Cl2NO2S. The monoisotopic (exact) mass is 329 g/mol. The first-order valence-corrected chi connectivity index (χ1v) is 7.67. The van der Waals surface area contributed by atoms with Crippen LogP contribution in [0.4, 0.5) is 5.69 Å². The van der Waals surface area contributed by atoms with Crippen LogP contribution >= 0.6 is 34.5 Å². The fraction of sp³-hybridized carbons (Fsp3) is 0.214. The first-order chi connectivity index (χ1) is 9.61.